The Hall–Kier alpha value is -4.26. The van der Waals surface area contributed by atoms with E-state index < -0.39 is 12.1 Å². The van der Waals surface area contributed by atoms with Gasteiger partial charge >= 0.3 is 12.1 Å². The van der Waals surface area contributed by atoms with Gasteiger partial charge in [0.05, 0.1) is 14.2 Å². The molecule has 0 saturated carbocycles. The number of methoxy groups -OCH3 is 2. The van der Waals surface area contributed by atoms with Crippen molar-refractivity contribution in [1.29, 1.82) is 0 Å². The lowest BCUT2D eigenvalue weighted by atomic mass is 9.98. The van der Waals surface area contributed by atoms with E-state index in [0.29, 0.717) is 11.5 Å². The highest BCUT2D eigenvalue weighted by molar-refractivity contribution is 5.79. The van der Waals surface area contributed by atoms with E-state index >= 15 is 0 Å². The van der Waals surface area contributed by atoms with E-state index in [0.717, 1.165) is 5.56 Å². The molecule has 180 valence electrons. The van der Waals surface area contributed by atoms with E-state index in [9.17, 15) is 9.59 Å². The average molecular weight is 474 g/mol. The van der Waals surface area contributed by atoms with Crippen molar-refractivity contribution >= 4 is 18.1 Å². The van der Waals surface area contributed by atoms with Crippen LogP contribution < -0.4 is 19.5 Å². The van der Waals surface area contributed by atoms with Crippen molar-refractivity contribution in [3.8, 4) is 28.4 Å². The van der Waals surface area contributed by atoms with Crippen molar-refractivity contribution in [3.05, 3.63) is 83.4 Å². The van der Waals surface area contributed by atoms with Crippen LogP contribution in [0.3, 0.4) is 0 Å². The molecule has 0 radical (unpaired) electrons. The maximum absolute atomic E-state index is 12.3. The van der Waals surface area contributed by atoms with E-state index in [1.54, 1.807) is 24.3 Å². The smallest absolute Gasteiger partial charge is 0.407 e. The topological polar surface area (TPSA) is 83.1 Å². The molecule has 1 aliphatic carbocycles. The van der Waals surface area contributed by atoms with Crippen LogP contribution in [0.15, 0.2) is 66.7 Å². The number of rotatable bonds is 8. The Bertz CT molecular complexity index is 1200. The molecule has 1 N–H and O–H groups in total. The van der Waals surface area contributed by atoms with Crippen molar-refractivity contribution in [1.82, 2.24) is 5.32 Å². The maximum Gasteiger partial charge on any atom is 0.407 e. The first-order valence-corrected chi connectivity index (χ1v) is 11.2. The summed E-state index contributed by atoms with van der Waals surface area (Å²) in [6.07, 6.45) is 3.09. The van der Waals surface area contributed by atoms with Gasteiger partial charge in [0, 0.05) is 19.4 Å². The van der Waals surface area contributed by atoms with Crippen molar-refractivity contribution in [2.45, 2.75) is 12.8 Å². The van der Waals surface area contributed by atoms with E-state index in [1.165, 1.54) is 43.4 Å². The molecule has 4 rings (SSSR count). The van der Waals surface area contributed by atoms with Crippen molar-refractivity contribution in [3.63, 3.8) is 0 Å². The molecule has 1 aliphatic rings. The number of nitrogens with one attached hydrogen (secondary N) is 1. The van der Waals surface area contributed by atoms with Crippen molar-refractivity contribution in [2.75, 3.05) is 27.4 Å². The number of hydrogen-bond acceptors (Lipinski definition) is 6. The zero-order valence-corrected chi connectivity index (χ0v) is 19.9. The number of alkyl carbamates (subject to hydrolysis) is 1. The third-order valence-corrected chi connectivity index (χ3v) is 5.75. The molecule has 0 heterocycles. The Kier molecular flexibility index (Phi) is 7.35. The Balaban J connectivity index is 1.35. The van der Waals surface area contributed by atoms with Gasteiger partial charge < -0.3 is 24.3 Å². The molecule has 7 heteroatoms. The molecule has 0 aromatic heterocycles. The van der Waals surface area contributed by atoms with Gasteiger partial charge in [-0.15, -0.1) is 0 Å². The third-order valence-electron chi connectivity index (χ3n) is 5.75. The van der Waals surface area contributed by atoms with Crippen LogP contribution in [0.5, 0.6) is 17.2 Å². The first-order valence-electron chi connectivity index (χ1n) is 11.2. The van der Waals surface area contributed by atoms with Gasteiger partial charge in [0.15, 0.2) is 11.5 Å². The van der Waals surface area contributed by atoms with E-state index in [1.807, 2.05) is 24.3 Å². The van der Waals surface area contributed by atoms with Gasteiger partial charge in [0.1, 0.15) is 6.61 Å². The Morgan fingerprint density at radius 3 is 2.03 bits per heavy atom. The first kappa shape index (κ1) is 23.9. The fourth-order valence-electron chi connectivity index (χ4n) is 4.23. The van der Waals surface area contributed by atoms with Gasteiger partial charge in [0.25, 0.3) is 0 Å². The molecule has 0 unspecified atom stereocenters. The maximum atomic E-state index is 12.3. The lowest BCUT2D eigenvalue weighted by Crippen LogP contribution is -2.26. The first-order chi connectivity index (χ1) is 17.0. The Morgan fingerprint density at radius 1 is 0.914 bits per heavy atom. The lowest BCUT2D eigenvalue weighted by molar-refractivity contribution is -0.132. The minimum atomic E-state index is -0.489. The molecule has 3 aromatic rings. The molecule has 35 heavy (non-hydrogen) atoms. The minimum absolute atomic E-state index is 0.0133. The molecule has 0 aliphatic heterocycles. The van der Waals surface area contributed by atoms with Crippen molar-refractivity contribution < 1.29 is 28.5 Å². The van der Waals surface area contributed by atoms with Crippen LogP contribution in [-0.4, -0.2) is 39.4 Å². The number of carbonyl (C=O) groups is 2. The number of carbonyl (C=O) groups excluding carboxylic acids is 2. The second-order valence-corrected chi connectivity index (χ2v) is 7.96. The normalized spacial score (nSPS) is 12.1. The molecular formula is C28H27NO6. The van der Waals surface area contributed by atoms with Crippen LogP contribution in [-0.2, 0) is 9.53 Å². The molecule has 0 atom stereocenters. The van der Waals surface area contributed by atoms with Crippen molar-refractivity contribution in [2.24, 2.45) is 0 Å². The average Bonchev–Trinajstić information content (AvgIpc) is 3.19. The van der Waals surface area contributed by atoms with Crippen LogP contribution in [0, 0.1) is 0 Å². The Labute approximate surface area is 204 Å². The van der Waals surface area contributed by atoms with Crippen LogP contribution >= 0.6 is 0 Å². The summed E-state index contributed by atoms with van der Waals surface area (Å²) < 4.78 is 21.4. The molecule has 3 aromatic carbocycles. The summed E-state index contributed by atoms with van der Waals surface area (Å²) in [4.78, 5) is 23.7. The SMILES string of the molecule is COc1cc(C=CCNC(=O)OCC2c3ccccc3-c3ccccc32)cc(OC)c1OC(C)=O. The fraction of sp³-hybridized carbons (Fsp3) is 0.214. The van der Waals surface area contributed by atoms with Gasteiger partial charge in [0.2, 0.25) is 5.75 Å². The summed E-state index contributed by atoms with van der Waals surface area (Å²) in [6.45, 7) is 1.84. The minimum Gasteiger partial charge on any atom is -0.493 e. The monoisotopic (exact) mass is 473 g/mol. The molecule has 1 amide bonds. The molecule has 0 fully saturated rings. The van der Waals surface area contributed by atoms with E-state index in [-0.39, 0.29) is 24.8 Å². The highest BCUT2D eigenvalue weighted by Crippen LogP contribution is 2.44. The van der Waals surface area contributed by atoms with Gasteiger partial charge in [-0.05, 0) is 39.9 Å². The van der Waals surface area contributed by atoms with Gasteiger partial charge in [-0.25, -0.2) is 4.79 Å². The lowest BCUT2D eigenvalue weighted by Gasteiger charge is -2.14. The fourth-order valence-corrected chi connectivity index (χ4v) is 4.23. The highest BCUT2D eigenvalue weighted by atomic mass is 16.6. The summed E-state index contributed by atoms with van der Waals surface area (Å²) in [6, 6.07) is 19.8. The standard InChI is InChI=1S/C28H27NO6/c1-18(30)35-27-25(32-2)15-19(16-26(27)33-3)9-8-14-29-28(31)34-17-24-22-12-6-4-10-20(22)21-11-5-7-13-23(21)24/h4-13,15-16,24H,14,17H2,1-3H3,(H,29,31). The quantitative estimate of drug-likeness (QED) is 0.359. The number of fused-ring (bicyclic) bond motifs is 3. The Morgan fingerprint density at radius 2 is 1.49 bits per heavy atom. The zero-order chi connectivity index (χ0) is 24.8. The predicted octanol–water partition coefficient (Wildman–Crippen LogP) is 5.18. The van der Waals surface area contributed by atoms with Crippen LogP contribution in [0.25, 0.3) is 17.2 Å². The number of hydrogen-bond donors (Lipinski definition) is 1. The van der Waals surface area contributed by atoms with E-state index in [4.69, 9.17) is 18.9 Å². The van der Waals surface area contributed by atoms with E-state index in [2.05, 4.69) is 29.6 Å². The summed E-state index contributed by atoms with van der Waals surface area (Å²) in [7, 11) is 2.96. The van der Waals surface area contributed by atoms with Gasteiger partial charge in [-0.1, -0.05) is 60.7 Å². The summed E-state index contributed by atoms with van der Waals surface area (Å²) in [5, 5.41) is 2.74. The molecular weight excluding hydrogens is 446 g/mol. The van der Waals surface area contributed by atoms with Gasteiger partial charge in [-0.2, -0.15) is 0 Å². The summed E-state index contributed by atoms with van der Waals surface area (Å²) in [5.41, 5.74) is 5.46. The highest BCUT2D eigenvalue weighted by Gasteiger charge is 2.28. The molecule has 7 nitrogen and oxygen atoms in total. The van der Waals surface area contributed by atoms with Crippen LogP contribution in [0.2, 0.25) is 0 Å². The van der Waals surface area contributed by atoms with Crippen LogP contribution in [0.4, 0.5) is 4.79 Å². The molecule has 0 saturated heterocycles. The largest absolute Gasteiger partial charge is 0.493 e. The molecule has 0 spiro atoms. The second-order valence-electron chi connectivity index (χ2n) is 7.96. The summed E-state index contributed by atoms with van der Waals surface area (Å²) >= 11 is 0. The van der Waals surface area contributed by atoms with Crippen LogP contribution in [0.1, 0.15) is 29.5 Å². The number of esters is 1. The predicted molar refractivity (Wildman–Crippen MR) is 133 cm³/mol. The zero-order valence-electron chi connectivity index (χ0n) is 19.9. The van der Waals surface area contributed by atoms with Gasteiger partial charge in [-0.3, -0.25) is 4.79 Å². The number of ether oxygens (including phenoxy) is 4. The third kappa shape index (κ3) is 5.30. The number of benzene rings is 3. The second kappa shape index (κ2) is 10.8. The number of amides is 1. The molecule has 0 bridgehead atoms. The summed E-state index contributed by atoms with van der Waals surface area (Å²) in [5.74, 6) is 0.486.